The number of benzene rings is 1. The third-order valence-electron chi connectivity index (χ3n) is 3.09. The second-order valence-electron chi connectivity index (χ2n) is 3.84. The maximum Gasteiger partial charge on any atom is 0.170 e. The quantitative estimate of drug-likeness (QED) is 0.589. The Kier molecular flexibility index (Phi) is 0.824. The minimum absolute atomic E-state index is 0.0798. The van der Waals surface area contributed by atoms with Crippen molar-refractivity contribution >= 4 is 5.69 Å². The van der Waals surface area contributed by atoms with E-state index in [4.69, 9.17) is 4.74 Å². The topological polar surface area (TPSA) is 24.6 Å². The summed E-state index contributed by atoms with van der Waals surface area (Å²) < 4.78 is 5.64. The molecule has 12 heavy (non-hydrogen) atoms. The van der Waals surface area contributed by atoms with Crippen molar-refractivity contribution in [2.24, 2.45) is 0 Å². The number of nitrogens with one attached hydrogen (secondary N) is 1. The summed E-state index contributed by atoms with van der Waals surface area (Å²) in [5.74, 6) is 0. The fraction of sp³-hybridized carbons (Fsp3) is 0.400. The SMILES string of the molecule is CC12Nc3ccccc3C1(C)O2. The number of fused-ring (bicyclic) bond motifs is 3. The second-order valence-corrected chi connectivity index (χ2v) is 3.84. The van der Waals surface area contributed by atoms with Crippen LogP contribution in [0.5, 0.6) is 0 Å². The molecule has 0 saturated carbocycles. The molecule has 2 unspecified atom stereocenters. The number of epoxide rings is 1. The molecule has 0 spiro atoms. The molecule has 1 aromatic rings. The lowest BCUT2D eigenvalue weighted by atomic mass is 9.98. The van der Waals surface area contributed by atoms with Gasteiger partial charge in [-0.25, -0.2) is 0 Å². The van der Waals surface area contributed by atoms with Crippen LogP contribution < -0.4 is 5.32 Å². The van der Waals surface area contributed by atoms with Crippen molar-refractivity contribution in [3.8, 4) is 0 Å². The van der Waals surface area contributed by atoms with Crippen LogP contribution in [0.3, 0.4) is 0 Å². The van der Waals surface area contributed by atoms with Crippen molar-refractivity contribution < 1.29 is 4.74 Å². The summed E-state index contributed by atoms with van der Waals surface area (Å²) in [5, 5.41) is 3.37. The van der Waals surface area contributed by atoms with E-state index in [0.29, 0.717) is 0 Å². The van der Waals surface area contributed by atoms with Gasteiger partial charge in [-0.2, -0.15) is 0 Å². The van der Waals surface area contributed by atoms with E-state index < -0.39 is 0 Å². The Labute approximate surface area is 71.5 Å². The average molecular weight is 161 g/mol. The van der Waals surface area contributed by atoms with Crippen LogP contribution in [0.4, 0.5) is 5.69 Å². The maximum absolute atomic E-state index is 5.64. The summed E-state index contributed by atoms with van der Waals surface area (Å²) in [7, 11) is 0. The smallest absolute Gasteiger partial charge is 0.170 e. The monoisotopic (exact) mass is 161 g/mol. The van der Waals surface area contributed by atoms with Crippen LogP contribution in [0, 0.1) is 0 Å². The summed E-state index contributed by atoms with van der Waals surface area (Å²) in [4.78, 5) is 0. The molecule has 0 aliphatic carbocycles. The number of hydrogen-bond acceptors (Lipinski definition) is 2. The predicted octanol–water partition coefficient (Wildman–Crippen LogP) is 2.07. The summed E-state index contributed by atoms with van der Waals surface area (Å²) in [5.41, 5.74) is 2.28. The first kappa shape index (κ1) is 6.49. The highest BCUT2D eigenvalue weighted by atomic mass is 16.6. The van der Waals surface area contributed by atoms with Gasteiger partial charge < -0.3 is 10.1 Å². The first-order chi connectivity index (χ1) is 5.66. The summed E-state index contributed by atoms with van der Waals surface area (Å²) in [6.07, 6.45) is 0. The maximum atomic E-state index is 5.64. The molecule has 0 aromatic heterocycles. The predicted molar refractivity (Wildman–Crippen MR) is 46.9 cm³/mol. The Balaban J connectivity index is 2.24. The first-order valence-electron chi connectivity index (χ1n) is 4.24. The lowest BCUT2D eigenvalue weighted by Gasteiger charge is -2.05. The zero-order valence-corrected chi connectivity index (χ0v) is 7.22. The van der Waals surface area contributed by atoms with E-state index in [1.807, 2.05) is 6.07 Å². The Morgan fingerprint density at radius 1 is 1.25 bits per heavy atom. The molecule has 1 N–H and O–H groups in total. The number of rotatable bonds is 0. The van der Waals surface area contributed by atoms with Gasteiger partial charge in [0.1, 0.15) is 5.60 Å². The normalized spacial score (nSPS) is 41.5. The van der Waals surface area contributed by atoms with Crippen LogP contribution in [0.2, 0.25) is 0 Å². The van der Waals surface area contributed by atoms with Gasteiger partial charge in [-0.05, 0) is 19.9 Å². The Morgan fingerprint density at radius 2 is 2.00 bits per heavy atom. The van der Waals surface area contributed by atoms with Crippen LogP contribution in [0.25, 0.3) is 0 Å². The Hall–Kier alpha value is -1.02. The average Bonchev–Trinajstić information content (AvgIpc) is 2.48. The number of hydrogen-bond donors (Lipinski definition) is 1. The van der Waals surface area contributed by atoms with Gasteiger partial charge in [-0.3, -0.25) is 0 Å². The molecule has 3 rings (SSSR count). The molecule has 2 aliphatic heterocycles. The van der Waals surface area contributed by atoms with Gasteiger partial charge in [-0.1, -0.05) is 18.2 Å². The highest BCUT2D eigenvalue weighted by Gasteiger charge is 2.69. The second kappa shape index (κ2) is 1.52. The van der Waals surface area contributed by atoms with Gasteiger partial charge in [0.05, 0.1) is 0 Å². The highest BCUT2D eigenvalue weighted by molar-refractivity contribution is 5.65. The van der Waals surface area contributed by atoms with Crippen LogP contribution in [0.15, 0.2) is 24.3 Å². The molecule has 1 saturated heterocycles. The summed E-state index contributed by atoms with van der Waals surface area (Å²) in [6, 6.07) is 8.32. The highest BCUT2D eigenvalue weighted by Crippen LogP contribution is 2.61. The van der Waals surface area contributed by atoms with E-state index in [1.165, 1.54) is 11.3 Å². The third-order valence-corrected chi connectivity index (χ3v) is 3.09. The fourth-order valence-corrected chi connectivity index (χ4v) is 2.10. The Bertz CT molecular complexity index is 363. The van der Waals surface area contributed by atoms with Gasteiger partial charge in [-0.15, -0.1) is 0 Å². The van der Waals surface area contributed by atoms with E-state index in [1.54, 1.807) is 0 Å². The van der Waals surface area contributed by atoms with Crippen LogP contribution >= 0.6 is 0 Å². The molecule has 1 fully saturated rings. The molecule has 62 valence electrons. The molecule has 0 amide bonds. The van der Waals surface area contributed by atoms with Crippen molar-refractivity contribution in [3.63, 3.8) is 0 Å². The van der Waals surface area contributed by atoms with E-state index in [2.05, 4.69) is 37.4 Å². The molecule has 2 heteroatoms. The first-order valence-corrected chi connectivity index (χ1v) is 4.24. The van der Waals surface area contributed by atoms with E-state index >= 15 is 0 Å². The van der Waals surface area contributed by atoms with Crippen molar-refractivity contribution in [2.75, 3.05) is 5.32 Å². The standard InChI is InChI=1S/C10H11NO/c1-9-7-5-3-4-6-8(7)11-10(9,2)12-9/h3-6,11H,1-2H3. The molecule has 2 atom stereocenters. The third kappa shape index (κ3) is 0.495. The van der Waals surface area contributed by atoms with Gasteiger partial charge in [0, 0.05) is 11.3 Å². The van der Waals surface area contributed by atoms with Crippen LogP contribution in [-0.2, 0) is 10.3 Å². The van der Waals surface area contributed by atoms with Crippen molar-refractivity contribution in [3.05, 3.63) is 29.8 Å². The fourth-order valence-electron chi connectivity index (χ4n) is 2.10. The molecule has 1 aromatic carbocycles. The lowest BCUT2D eigenvalue weighted by molar-refractivity contribution is 0.284. The molecule has 0 radical (unpaired) electrons. The Morgan fingerprint density at radius 3 is 2.75 bits per heavy atom. The molecule has 2 heterocycles. The molecular weight excluding hydrogens is 150 g/mol. The van der Waals surface area contributed by atoms with Gasteiger partial charge >= 0.3 is 0 Å². The largest absolute Gasteiger partial charge is 0.355 e. The van der Waals surface area contributed by atoms with Gasteiger partial charge in [0.25, 0.3) is 0 Å². The summed E-state index contributed by atoms with van der Waals surface area (Å²) in [6.45, 7) is 4.22. The molecule has 2 nitrogen and oxygen atoms in total. The molecular formula is C10H11NO. The minimum atomic E-state index is -0.142. The molecule has 0 bridgehead atoms. The number of ether oxygens (including phenoxy) is 1. The van der Waals surface area contributed by atoms with Crippen LogP contribution in [0.1, 0.15) is 19.4 Å². The van der Waals surface area contributed by atoms with Gasteiger partial charge in [0.15, 0.2) is 5.72 Å². The lowest BCUT2D eigenvalue weighted by Crippen LogP contribution is -2.18. The zero-order chi connectivity index (χ0) is 8.40. The van der Waals surface area contributed by atoms with E-state index in [-0.39, 0.29) is 11.3 Å². The number of anilines is 1. The van der Waals surface area contributed by atoms with Crippen LogP contribution in [-0.4, -0.2) is 5.72 Å². The number of para-hydroxylation sites is 1. The minimum Gasteiger partial charge on any atom is -0.355 e. The van der Waals surface area contributed by atoms with E-state index in [9.17, 15) is 0 Å². The van der Waals surface area contributed by atoms with Gasteiger partial charge in [0.2, 0.25) is 0 Å². The van der Waals surface area contributed by atoms with Crippen molar-refractivity contribution in [2.45, 2.75) is 25.2 Å². The summed E-state index contributed by atoms with van der Waals surface area (Å²) >= 11 is 0. The van der Waals surface area contributed by atoms with Crippen molar-refractivity contribution in [1.29, 1.82) is 0 Å². The van der Waals surface area contributed by atoms with E-state index in [0.717, 1.165) is 0 Å². The van der Waals surface area contributed by atoms with Crippen molar-refractivity contribution in [1.82, 2.24) is 0 Å². The zero-order valence-electron chi connectivity index (χ0n) is 7.22. The molecule has 2 aliphatic rings.